The summed E-state index contributed by atoms with van der Waals surface area (Å²) in [6, 6.07) is 9.57. The van der Waals surface area contributed by atoms with E-state index in [9.17, 15) is 14.9 Å². The molecule has 4 rings (SSSR count). The number of nitro benzene ring substituents is 1. The highest BCUT2D eigenvalue weighted by molar-refractivity contribution is 7.23. The number of nitro groups is 1. The van der Waals surface area contributed by atoms with Crippen LogP contribution in [-0.4, -0.2) is 42.2 Å². The van der Waals surface area contributed by atoms with E-state index in [1.165, 1.54) is 29.5 Å². The van der Waals surface area contributed by atoms with Crippen LogP contribution in [0.25, 0.3) is 16.3 Å². The minimum absolute atomic E-state index is 0.0382. The first-order chi connectivity index (χ1) is 15.5. The average Bonchev–Trinajstić information content (AvgIpc) is 3.47. The molecule has 1 amide bonds. The van der Waals surface area contributed by atoms with Crippen LogP contribution in [0.4, 0.5) is 10.8 Å². The summed E-state index contributed by atoms with van der Waals surface area (Å²) < 4.78 is 11.9. The number of thiazole rings is 1. The maximum atomic E-state index is 13.2. The van der Waals surface area contributed by atoms with Crippen molar-refractivity contribution < 1.29 is 19.2 Å². The fraction of sp³-hybridized carbons (Fsp3) is 0.273. The molecule has 8 nitrogen and oxygen atoms in total. The van der Waals surface area contributed by atoms with Crippen molar-refractivity contribution in [2.24, 2.45) is 0 Å². The largest absolute Gasteiger partial charge is 0.494 e. The monoisotopic (exact) mass is 473 g/mol. The highest BCUT2D eigenvalue weighted by atomic mass is 35.5. The molecule has 1 atom stereocenters. The topological polar surface area (TPSA) is 94.8 Å². The predicted octanol–water partition coefficient (Wildman–Crippen LogP) is 5.09. The standard InChI is InChI=1S/C22H20ClN3O5S/c1-30-18-9-8-17(23)21-20(18)24-22(32-21)25(13-16-6-3-11-31-16)19(27)10-7-14-4-2-5-15(12-14)26(28)29/h2,4-5,7-10,12,16H,3,6,11,13H2,1H3/b10-7+. The summed E-state index contributed by atoms with van der Waals surface area (Å²) in [6.07, 6.45) is 4.65. The lowest BCUT2D eigenvalue weighted by Crippen LogP contribution is -2.36. The SMILES string of the molecule is COc1ccc(Cl)c2sc(N(CC3CCCO3)C(=O)/C=C/c3cccc([N+](=O)[O-])c3)nc12. The van der Waals surface area contributed by atoms with E-state index in [0.29, 0.717) is 40.1 Å². The number of amides is 1. The van der Waals surface area contributed by atoms with E-state index in [1.807, 2.05) is 0 Å². The summed E-state index contributed by atoms with van der Waals surface area (Å²) >= 11 is 7.66. The number of ether oxygens (including phenoxy) is 2. The zero-order valence-electron chi connectivity index (χ0n) is 17.2. The number of hydrogen-bond donors (Lipinski definition) is 0. The Bertz CT molecular complexity index is 1190. The van der Waals surface area contributed by atoms with Gasteiger partial charge in [-0.3, -0.25) is 19.8 Å². The van der Waals surface area contributed by atoms with Gasteiger partial charge in [0.25, 0.3) is 11.6 Å². The summed E-state index contributed by atoms with van der Waals surface area (Å²) in [6.45, 7) is 1.01. The van der Waals surface area contributed by atoms with Crippen LogP contribution >= 0.6 is 22.9 Å². The van der Waals surface area contributed by atoms with Crippen LogP contribution < -0.4 is 9.64 Å². The molecule has 1 saturated heterocycles. The first-order valence-electron chi connectivity index (χ1n) is 9.95. The Morgan fingerprint density at radius 2 is 2.28 bits per heavy atom. The summed E-state index contributed by atoms with van der Waals surface area (Å²) in [5, 5.41) is 12.0. The number of non-ortho nitro benzene ring substituents is 1. The Balaban J connectivity index is 1.67. The number of benzene rings is 2. The number of rotatable bonds is 7. The molecule has 0 saturated carbocycles. The van der Waals surface area contributed by atoms with Crippen molar-refractivity contribution in [1.82, 2.24) is 4.98 Å². The highest BCUT2D eigenvalue weighted by Crippen LogP contribution is 2.39. The number of hydrogen-bond acceptors (Lipinski definition) is 7. The van der Waals surface area contributed by atoms with E-state index >= 15 is 0 Å². The van der Waals surface area contributed by atoms with Crippen LogP contribution in [0.3, 0.4) is 0 Å². The maximum absolute atomic E-state index is 13.2. The van der Waals surface area contributed by atoms with E-state index < -0.39 is 4.92 Å². The van der Waals surface area contributed by atoms with Crippen molar-refractivity contribution in [3.63, 3.8) is 0 Å². The fourth-order valence-corrected chi connectivity index (χ4v) is 4.75. The van der Waals surface area contributed by atoms with E-state index in [0.717, 1.165) is 17.5 Å². The molecule has 1 aromatic heterocycles. The Hall–Kier alpha value is -3.01. The normalized spacial score (nSPS) is 16.0. The number of halogens is 1. The first kappa shape index (κ1) is 22.2. The molecule has 0 bridgehead atoms. The van der Waals surface area contributed by atoms with Crippen LogP contribution in [0.1, 0.15) is 18.4 Å². The Morgan fingerprint density at radius 3 is 3.00 bits per heavy atom. The molecule has 0 radical (unpaired) electrons. The number of carbonyl (C=O) groups excluding carboxylic acids is 1. The second-order valence-corrected chi connectivity index (χ2v) is 8.58. The van der Waals surface area contributed by atoms with Gasteiger partial charge in [-0.05, 0) is 36.6 Å². The number of carbonyl (C=O) groups is 1. The first-order valence-corrected chi connectivity index (χ1v) is 11.1. The zero-order chi connectivity index (χ0) is 22.7. The smallest absolute Gasteiger partial charge is 0.270 e. The van der Waals surface area contributed by atoms with Gasteiger partial charge in [0.05, 0.1) is 34.4 Å². The van der Waals surface area contributed by atoms with E-state index in [1.54, 1.807) is 42.4 Å². The number of fused-ring (bicyclic) bond motifs is 1. The van der Waals surface area contributed by atoms with Crippen LogP contribution in [0, 0.1) is 10.1 Å². The summed E-state index contributed by atoms with van der Waals surface area (Å²) in [7, 11) is 1.55. The Labute approximate surface area is 193 Å². The molecule has 1 aliphatic heterocycles. The van der Waals surface area contributed by atoms with E-state index in [-0.39, 0.29) is 17.7 Å². The molecule has 166 valence electrons. The van der Waals surface area contributed by atoms with Crippen LogP contribution in [0.2, 0.25) is 5.02 Å². The molecule has 1 unspecified atom stereocenters. The van der Waals surface area contributed by atoms with E-state index in [2.05, 4.69) is 4.98 Å². The van der Waals surface area contributed by atoms with Crippen LogP contribution in [0.15, 0.2) is 42.5 Å². The second kappa shape index (κ2) is 9.64. The second-order valence-electron chi connectivity index (χ2n) is 7.19. The van der Waals surface area contributed by atoms with Gasteiger partial charge in [0.1, 0.15) is 11.3 Å². The van der Waals surface area contributed by atoms with Gasteiger partial charge in [-0.15, -0.1) is 0 Å². The Kier molecular flexibility index (Phi) is 6.69. The lowest BCUT2D eigenvalue weighted by Gasteiger charge is -2.21. The summed E-state index contributed by atoms with van der Waals surface area (Å²) in [4.78, 5) is 29.9. The van der Waals surface area contributed by atoms with Crippen molar-refractivity contribution in [3.05, 3.63) is 63.2 Å². The van der Waals surface area contributed by atoms with Crippen molar-refractivity contribution in [2.75, 3.05) is 25.2 Å². The molecule has 1 fully saturated rings. The van der Waals surface area contributed by atoms with Crippen molar-refractivity contribution >= 4 is 56.0 Å². The van der Waals surface area contributed by atoms with Crippen LogP contribution in [-0.2, 0) is 9.53 Å². The van der Waals surface area contributed by atoms with E-state index in [4.69, 9.17) is 21.1 Å². The molecule has 2 heterocycles. The molecular weight excluding hydrogens is 454 g/mol. The number of aromatic nitrogens is 1. The highest BCUT2D eigenvalue weighted by Gasteiger charge is 2.26. The number of anilines is 1. The minimum Gasteiger partial charge on any atom is -0.494 e. The summed E-state index contributed by atoms with van der Waals surface area (Å²) in [5.41, 5.74) is 1.11. The third-order valence-electron chi connectivity index (χ3n) is 5.07. The lowest BCUT2D eigenvalue weighted by molar-refractivity contribution is -0.384. The van der Waals surface area contributed by atoms with Crippen molar-refractivity contribution in [1.29, 1.82) is 0 Å². The lowest BCUT2D eigenvalue weighted by atomic mass is 10.2. The van der Waals surface area contributed by atoms with Gasteiger partial charge in [-0.2, -0.15) is 0 Å². The number of methoxy groups -OCH3 is 1. The van der Waals surface area contributed by atoms with Crippen molar-refractivity contribution in [2.45, 2.75) is 18.9 Å². The predicted molar refractivity (Wildman–Crippen MR) is 125 cm³/mol. The van der Waals surface area contributed by atoms with Gasteiger partial charge in [0.15, 0.2) is 5.13 Å². The zero-order valence-corrected chi connectivity index (χ0v) is 18.8. The molecule has 0 spiro atoms. The molecule has 1 aliphatic rings. The Morgan fingerprint density at radius 1 is 1.44 bits per heavy atom. The molecule has 3 aromatic rings. The van der Waals surface area contributed by atoms with Gasteiger partial charge >= 0.3 is 0 Å². The fourth-order valence-electron chi connectivity index (χ4n) is 3.48. The van der Waals surface area contributed by atoms with Gasteiger partial charge in [0.2, 0.25) is 0 Å². The molecule has 0 N–H and O–H groups in total. The van der Waals surface area contributed by atoms with Gasteiger partial charge < -0.3 is 9.47 Å². The van der Waals surface area contributed by atoms with Crippen molar-refractivity contribution in [3.8, 4) is 5.75 Å². The third-order valence-corrected chi connectivity index (χ3v) is 6.61. The van der Waals surface area contributed by atoms with Gasteiger partial charge in [-0.25, -0.2) is 4.98 Å². The average molecular weight is 474 g/mol. The number of nitrogens with zero attached hydrogens (tertiary/aromatic N) is 3. The quantitative estimate of drug-likeness (QED) is 0.269. The molecule has 2 aromatic carbocycles. The summed E-state index contributed by atoms with van der Waals surface area (Å²) in [5.74, 6) is 0.268. The molecule has 0 aliphatic carbocycles. The maximum Gasteiger partial charge on any atom is 0.270 e. The minimum atomic E-state index is -0.471. The molecule has 32 heavy (non-hydrogen) atoms. The van der Waals surface area contributed by atoms with Gasteiger partial charge in [-0.1, -0.05) is 35.1 Å². The van der Waals surface area contributed by atoms with Crippen LogP contribution in [0.5, 0.6) is 5.75 Å². The molecule has 10 heteroatoms. The molecular formula is C22H20ClN3O5S. The third kappa shape index (κ3) is 4.74. The van der Waals surface area contributed by atoms with Gasteiger partial charge in [0, 0.05) is 24.8 Å².